The Morgan fingerprint density at radius 1 is 1.33 bits per heavy atom. The average Bonchev–Trinajstić information content (AvgIpc) is 2.78. The molecule has 0 aromatic carbocycles. The summed E-state index contributed by atoms with van der Waals surface area (Å²) in [5, 5.41) is 0.470. The minimum absolute atomic E-state index is 0.0797. The lowest BCUT2D eigenvalue weighted by Gasteiger charge is -2.10. The summed E-state index contributed by atoms with van der Waals surface area (Å²) in [5.74, 6) is 0.579. The molecule has 7 nitrogen and oxygen atoms in total. The second kappa shape index (κ2) is 5.63. The fourth-order valence-electron chi connectivity index (χ4n) is 2.10. The third-order valence-electron chi connectivity index (χ3n) is 3.02. The zero-order valence-electron chi connectivity index (χ0n) is 11.2. The molecule has 3 aromatic heterocycles. The van der Waals surface area contributed by atoms with E-state index in [1.807, 2.05) is 6.07 Å². The van der Waals surface area contributed by atoms with Gasteiger partial charge in [0.05, 0.1) is 13.2 Å². The van der Waals surface area contributed by atoms with Crippen molar-refractivity contribution in [2.45, 2.75) is 6.54 Å². The first-order valence-corrected chi connectivity index (χ1v) is 6.64. The van der Waals surface area contributed by atoms with Gasteiger partial charge in [-0.15, -0.1) is 0 Å². The van der Waals surface area contributed by atoms with Gasteiger partial charge in [0.15, 0.2) is 11.5 Å². The molecule has 0 N–H and O–H groups in total. The lowest BCUT2D eigenvalue weighted by Crippen LogP contribution is -2.24. The molecule has 0 saturated carbocycles. The van der Waals surface area contributed by atoms with Gasteiger partial charge in [-0.1, -0.05) is 6.07 Å². The van der Waals surface area contributed by atoms with Crippen molar-refractivity contribution in [3.8, 4) is 5.82 Å². The molecule has 0 aliphatic carbocycles. The van der Waals surface area contributed by atoms with E-state index in [4.69, 9.17) is 16.3 Å². The number of methoxy groups -OCH3 is 1. The van der Waals surface area contributed by atoms with Crippen LogP contribution in [0.4, 0.5) is 0 Å². The lowest BCUT2D eigenvalue weighted by atomic mass is 10.4. The van der Waals surface area contributed by atoms with E-state index in [2.05, 4.69) is 15.0 Å². The zero-order valence-corrected chi connectivity index (χ0v) is 12.0. The number of nitrogens with zero attached hydrogens (tertiary/aromatic N) is 5. The Bertz CT molecular complexity index is 828. The summed E-state index contributed by atoms with van der Waals surface area (Å²) >= 11 is 5.85. The van der Waals surface area contributed by atoms with E-state index in [9.17, 15) is 4.79 Å². The van der Waals surface area contributed by atoms with Crippen LogP contribution in [0.15, 0.2) is 35.4 Å². The van der Waals surface area contributed by atoms with Crippen molar-refractivity contribution in [3.05, 3.63) is 46.2 Å². The molecule has 0 saturated heterocycles. The van der Waals surface area contributed by atoms with Crippen LogP contribution in [0.3, 0.4) is 0 Å². The van der Waals surface area contributed by atoms with Crippen molar-refractivity contribution in [1.82, 2.24) is 24.3 Å². The number of fused-ring (bicyclic) bond motifs is 1. The first-order chi connectivity index (χ1) is 10.2. The fraction of sp³-hybridized carbons (Fsp3) is 0.231. The minimum Gasteiger partial charge on any atom is -0.383 e. The highest BCUT2D eigenvalue weighted by atomic mass is 35.5. The van der Waals surface area contributed by atoms with Gasteiger partial charge in [0.1, 0.15) is 5.39 Å². The number of ether oxygens (including phenoxy) is 1. The average molecular weight is 306 g/mol. The van der Waals surface area contributed by atoms with Crippen LogP contribution >= 0.6 is 11.6 Å². The zero-order chi connectivity index (χ0) is 14.8. The van der Waals surface area contributed by atoms with Crippen molar-refractivity contribution in [3.63, 3.8) is 0 Å². The number of hydrogen-bond donors (Lipinski definition) is 0. The van der Waals surface area contributed by atoms with Gasteiger partial charge in [0, 0.05) is 19.5 Å². The molecule has 0 atom stereocenters. The molecule has 0 fully saturated rings. The molecular formula is C13H12ClN5O2. The second-order valence-electron chi connectivity index (χ2n) is 4.30. The van der Waals surface area contributed by atoms with Gasteiger partial charge in [0.25, 0.3) is 5.56 Å². The number of halogens is 1. The Kier molecular flexibility index (Phi) is 3.68. The van der Waals surface area contributed by atoms with Gasteiger partial charge in [-0.05, 0) is 23.7 Å². The first-order valence-electron chi connectivity index (χ1n) is 6.27. The maximum absolute atomic E-state index is 12.5. The summed E-state index contributed by atoms with van der Waals surface area (Å²) < 4.78 is 8.20. The topological polar surface area (TPSA) is 74.8 Å². The third kappa shape index (κ3) is 2.41. The standard InChI is InChI=1S/C13H12ClN5O2/c1-21-7-6-18-12(20)9-8-16-13(14)17-11(9)19(18)10-4-2-3-5-15-10/h2-5,8H,6-7H2,1H3. The van der Waals surface area contributed by atoms with Crippen LogP contribution in [0.5, 0.6) is 0 Å². The Labute approximate surface area is 124 Å². The smallest absolute Gasteiger partial charge is 0.278 e. The first kappa shape index (κ1) is 13.7. The molecule has 108 valence electrons. The molecule has 0 spiro atoms. The van der Waals surface area contributed by atoms with E-state index in [1.54, 1.807) is 30.1 Å². The van der Waals surface area contributed by atoms with Crippen molar-refractivity contribution < 1.29 is 4.74 Å². The molecule has 3 rings (SSSR count). The summed E-state index contributed by atoms with van der Waals surface area (Å²) in [6.07, 6.45) is 3.07. The molecule has 3 aromatic rings. The lowest BCUT2D eigenvalue weighted by molar-refractivity contribution is 0.180. The van der Waals surface area contributed by atoms with Crippen LogP contribution in [0, 0.1) is 0 Å². The quantitative estimate of drug-likeness (QED) is 0.679. The molecule has 3 heterocycles. The Balaban J connectivity index is 2.33. The van der Waals surface area contributed by atoms with E-state index in [1.165, 1.54) is 10.9 Å². The Morgan fingerprint density at radius 2 is 2.19 bits per heavy atom. The maximum Gasteiger partial charge on any atom is 0.278 e. The van der Waals surface area contributed by atoms with Crippen molar-refractivity contribution in [1.29, 1.82) is 0 Å². The summed E-state index contributed by atoms with van der Waals surface area (Å²) in [6, 6.07) is 5.43. The maximum atomic E-state index is 12.5. The van der Waals surface area contributed by atoms with Gasteiger partial charge in [-0.3, -0.25) is 4.79 Å². The monoisotopic (exact) mass is 305 g/mol. The second-order valence-corrected chi connectivity index (χ2v) is 4.64. The number of aromatic nitrogens is 5. The predicted molar refractivity (Wildman–Crippen MR) is 77.8 cm³/mol. The molecule has 21 heavy (non-hydrogen) atoms. The molecule has 8 heteroatoms. The highest BCUT2D eigenvalue weighted by Gasteiger charge is 2.17. The van der Waals surface area contributed by atoms with Gasteiger partial charge in [-0.25, -0.2) is 19.3 Å². The third-order valence-corrected chi connectivity index (χ3v) is 3.20. The van der Waals surface area contributed by atoms with Crippen molar-refractivity contribution >= 4 is 22.6 Å². The molecule has 0 aliphatic heterocycles. The molecular weight excluding hydrogens is 294 g/mol. The summed E-state index contributed by atoms with van der Waals surface area (Å²) in [6.45, 7) is 0.768. The molecule has 0 amide bonds. The summed E-state index contributed by atoms with van der Waals surface area (Å²) in [4.78, 5) is 24.8. The van der Waals surface area contributed by atoms with E-state index in [0.29, 0.717) is 30.0 Å². The highest BCUT2D eigenvalue weighted by molar-refractivity contribution is 6.28. The Hall–Kier alpha value is -2.25. The fourth-order valence-corrected chi connectivity index (χ4v) is 2.23. The SMILES string of the molecule is COCCn1c(=O)c2cnc(Cl)nc2n1-c1ccccn1. The molecule has 0 bridgehead atoms. The highest BCUT2D eigenvalue weighted by Crippen LogP contribution is 2.15. The molecule has 0 unspecified atom stereocenters. The van der Waals surface area contributed by atoms with Crippen LogP contribution in [0.1, 0.15) is 0 Å². The van der Waals surface area contributed by atoms with Crippen molar-refractivity contribution in [2.24, 2.45) is 0 Å². The predicted octanol–water partition coefficient (Wildman–Crippen LogP) is 1.28. The van der Waals surface area contributed by atoms with E-state index >= 15 is 0 Å². The number of pyridine rings is 1. The largest absolute Gasteiger partial charge is 0.383 e. The van der Waals surface area contributed by atoms with Crippen molar-refractivity contribution in [2.75, 3.05) is 13.7 Å². The summed E-state index contributed by atoms with van der Waals surface area (Å²) in [7, 11) is 1.58. The molecule has 0 radical (unpaired) electrons. The molecule has 0 aliphatic rings. The van der Waals surface area contributed by atoms with Crippen LogP contribution in [-0.4, -0.2) is 38.0 Å². The summed E-state index contributed by atoms with van der Waals surface area (Å²) in [5.41, 5.74) is 0.221. The number of hydrogen-bond acceptors (Lipinski definition) is 5. The van der Waals surface area contributed by atoms with Gasteiger partial charge >= 0.3 is 0 Å². The normalized spacial score (nSPS) is 11.1. The van der Waals surface area contributed by atoms with Gasteiger partial charge in [0.2, 0.25) is 5.28 Å². The van der Waals surface area contributed by atoms with Gasteiger partial charge in [-0.2, -0.15) is 4.98 Å². The Morgan fingerprint density at radius 3 is 2.90 bits per heavy atom. The van der Waals surface area contributed by atoms with E-state index < -0.39 is 0 Å². The minimum atomic E-state index is -0.204. The van der Waals surface area contributed by atoms with Crippen LogP contribution in [-0.2, 0) is 11.3 Å². The van der Waals surface area contributed by atoms with Crippen LogP contribution in [0.25, 0.3) is 16.9 Å². The van der Waals surface area contributed by atoms with Gasteiger partial charge < -0.3 is 4.74 Å². The van der Waals surface area contributed by atoms with Crippen LogP contribution in [0.2, 0.25) is 5.28 Å². The number of rotatable bonds is 4. The van der Waals surface area contributed by atoms with E-state index in [0.717, 1.165) is 0 Å². The van der Waals surface area contributed by atoms with Crippen LogP contribution < -0.4 is 5.56 Å². The van der Waals surface area contributed by atoms with E-state index in [-0.39, 0.29) is 10.8 Å².